The third-order valence-electron chi connectivity index (χ3n) is 7.38. The lowest BCUT2D eigenvalue weighted by Gasteiger charge is -2.24. The number of pyridine rings is 1. The summed E-state index contributed by atoms with van der Waals surface area (Å²) < 4.78 is 6.44. The molecule has 1 aliphatic carbocycles. The molecule has 6 rings (SSSR count). The fourth-order valence-corrected chi connectivity index (χ4v) is 5.40. The number of carbonyl (C=O) groups is 1. The Labute approximate surface area is 225 Å². The van der Waals surface area contributed by atoms with Gasteiger partial charge in [0.15, 0.2) is 0 Å². The Hall–Kier alpha value is -3.55. The number of aromatic nitrogens is 1. The fraction of sp³-hybridized carbons (Fsp3) is 0.333. The first kappa shape index (κ1) is 24.8. The summed E-state index contributed by atoms with van der Waals surface area (Å²) in [6.07, 6.45) is 6.36. The number of piperidine rings is 1. The highest BCUT2D eigenvalue weighted by Gasteiger charge is 2.24. The van der Waals surface area contributed by atoms with E-state index in [-0.39, 0.29) is 17.6 Å². The molecule has 2 fully saturated rings. The second-order valence-corrected chi connectivity index (χ2v) is 10.7. The number of halogens is 1. The molecule has 4 aromatic rings. The van der Waals surface area contributed by atoms with E-state index in [4.69, 9.17) is 16.3 Å². The molecule has 0 bridgehead atoms. The lowest BCUT2D eigenvalue weighted by Crippen LogP contribution is -2.35. The molecular weight excluding hydrogens is 500 g/mol. The van der Waals surface area contributed by atoms with Gasteiger partial charge in [0.25, 0.3) is 5.56 Å². The zero-order valence-electron chi connectivity index (χ0n) is 21.1. The molecule has 1 unspecified atom stereocenters. The van der Waals surface area contributed by atoms with Crippen molar-refractivity contribution in [3.63, 3.8) is 0 Å². The van der Waals surface area contributed by atoms with E-state index in [9.17, 15) is 9.59 Å². The number of ether oxygens (including phenoxy) is 1. The fourth-order valence-electron chi connectivity index (χ4n) is 5.18. The molecule has 0 radical (unpaired) electrons. The summed E-state index contributed by atoms with van der Waals surface area (Å²) in [6, 6.07) is 17.8. The molecule has 38 heavy (non-hydrogen) atoms. The number of nitrogens with one attached hydrogen (secondary N) is 4. The van der Waals surface area contributed by atoms with E-state index in [2.05, 4.69) is 20.9 Å². The van der Waals surface area contributed by atoms with E-state index >= 15 is 0 Å². The van der Waals surface area contributed by atoms with Crippen molar-refractivity contribution in [3.05, 3.63) is 70.0 Å². The monoisotopic (exact) mass is 530 g/mol. The van der Waals surface area contributed by atoms with Crippen molar-refractivity contribution in [2.75, 3.05) is 18.5 Å². The van der Waals surface area contributed by atoms with Crippen molar-refractivity contribution >= 4 is 45.0 Å². The molecule has 1 aliphatic heterocycles. The van der Waals surface area contributed by atoms with Crippen LogP contribution < -0.4 is 26.2 Å². The summed E-state index contributed by atoms with van der Waals surface area (Å²) in [5.74, 6) is 0.497. The smallest absolute Gasteiger partial charge is 0.319 e. The van der Waals surface area contributed by atoms with Gasteiger partial charge < -0.3 is 25.7 Å². The molecule has 196 valence electrons. The first-order valence-electron chi connectivity index (χ1n) is 13.4. The summed E-state index contributed by atoms with van der Waals surface area (Å²) in [7, 11) is 0. The number of rotatable bonds is 7. The lowest BCUT2D eigenvalue weighted by atomic mass is 9.99. The molecule has 2 heterocycles. The number of fused-ring (bicyclic) bond motifs is 2. The number of carbonyl (C=O) groups excluding carboxylic acids is 1. The maximum absolute atomic E-state index is 13.5. The average Bonchev–Trinajstić information content (AvgIpc) is 3.73. The van der Waals surface area contributed by atoms with Crippen molar-refractivity contribution < 1.29 is 9.53 Å². The number of hydrogen-bond acceptors (Lipinski definition) is 4. The van der Waals surface area contributed by atoms with Crippen molar-refractivity contribution in [2.45, 2.75) is 50.6 Å². The van der Waals surface area contributed by atoms with Gasteiger partial charge >= 0.3 is 6.03 Å². The van der Waals surface area contributed by atoms with E-state index < -0.39 is 0 Å². The van der Waals surface area contributed by atoms with Crippen LogP contribution in [0.4, 0.5) is 10.5 Å². The zero-order chi connectivity index (χ0) is 26.1. The van der Waals surface area contributed by atoms with E-state index in [1.807, 2.05) is 42.5 Å². The Kier molecular flexibility index (Phi) is 6.96. The summed E-state index contributed by atoms with van der Waals surface area (Å²) in [4.78, 5) is 28.9. The van der Waals surface area contributed by atoms with E-state index in [0.29, 0.717) is 45.6 Å². The molecule has 7 nitrogen and oxygen atoms in total. The molecule has 1 saturated heterocycles. The van der Waals surface area contributed by atoms with Gasteiger partial charge in [-0.2, -0.15) is 0 Å². The largest absolute Gasteiger partial charge is 0.492 e. The summed E-state index contributed by atoms with van der Waals surface area (Å²) in [5.41, 5.74) is 2.02. The molecule has 4 N–H and O–H groups in total. The van der Waals surface area contributed by atoms with Crippen LogP contribution in [0.15, 0.2) is 59.4 Å². The van der Waals surface area contributed by atoms with Gasteiger partial charge in [0.1, 0.15) is 5.75 Å². The number of anilines is 1. The van der Waals surface area contributed by atoms with Crippen LogP contribution in [0.25, 0.3) is 32.8 Å². The van der Waals surface area contributed by atoms with Crippen LogP contribution in [-0.2, 0) is 0 Å². The minimum atomic E-state index is -0.293. The molecule has 1 saturated carbocycles. The molecule has 8 heteroatoms. The Morgan fingerprint density at radius 3 is 2.66 bits per heavy atom. The molecule has 2 amide bonds. The van der Waals surface area contributed by atoms with Crippen LogP contribution in [0.5, 0.6) is 5.75 Å². The van der Waals surface area contributed by atoms with Crippen LogP contribution in [-0.4, -0.2) is 36.3 Å². The molecule has 0 spiro atoms. The van der Waals surface area contributed by atoms with Crippen molar-refractivity contribution in [1.29, 1.82) is 0 Å². The number of benzene rings is 3. The SMILES string of the molecule is O=C(Nc1cc2c(OCCC3CCCCN3)c(-c3ccc4ccccc4c3)c(=O)[nH]c2cc1Cl)NC1CC1. The Morgan fingerprint density at radius 2 is 1.87 bits per heavy atom. The first-order valence-corrected chi connectivity index (χ1v) is 13.8. The predicted molar refractivity (Wildman–Crippen MR) is 153 cm³/mol. The van der Waals surface area contributed by atoms with Crippen molar-refractivity contribution in [3.8, 4) is 16.9 Å². The quantitative estimate of drug-likeness (QED) is 0.229. The Bertz CT molecular complexity index is 1560. The standard InChI is InChI=1S/C30H31ClN4O3/c31-24-17-25-23(16-26(24)35-30(37)33-22-10-11-22)28(38-14-12-21-7-3-4-13-32-21)27(29(36)34-25)20-9-8-18-5-1-2-6-19(18)15-20/h1-2,5-6,8-9,15-17,21-22,32H,3-4,7,10-14H2,(H,34,36)(H2,33,35,37). The van der Waals surface area contributed by atoms with Gasteiger partial charge in [0, 0.05) is 17.5 Å². The number of H-pyrrole nitrogens is 1. The van der Waals surface area contributed by atoms with E-state index in [0.717, 1.165) is 48.6 Å². The van der Waals surface area contributed by atoms with Crippen LogP contribution in [0.2, 0.25) is 5.02 Å². The zero-order valence-corrected chi connectivity index (χ0v) is 21.9. The van der Waals surface area contributed by atoms with E-state index in [1.165, 1.54) is 12.8 Å². The Morgan fingerprint density at radius 1 is 1.03 bits per heavy atom. The van der Waals surface area contributed by atoms with E-state index in [1.54, 1.807) is 12.1 Å². The van der Waals surface area contributed by atoms with Gasteiger partial charge in [0.05, 0.1) is 28.4 Å². The summed E-state index contributed by atoms with van der Waals surface area (Å²) in [6.45, 7) is 1.49. The maximum Gasteiger partial charge on any atom is 0.319 e. The molecule has 2 aliphatic rings. The molecule has 1 aromatic heterocycles. The third kappa shape index (κ3) is 5.35. The van der Waals surface area contributed by atoms with Crippen molar-refractivity contribution in [2.24, 2.45) is 0 Å². The van der Waals surface area contributed by atoms with Crippen LogP contribution >= 0.6 is 11.6 Å². The van der Waals surface area contributed by atoms with Crippen LogP contribution in [0.1, 0.15) is 38.5 Å². The second-order valence-electron chi connectivity index (χ2n) is 10.3. The van der Waals surface area contributed by atoms with Gasteiger partial charge in [0.2, 0.25) is 0 Å². The number of urea groups is 1. The number of aromatic amines is 1. The molecular formula is C30H31ClN4O3. The van der Waals surface area contributed by atoms with Gasteiger partial charge in [-0.25, -0.2) is 4.79 Å². The summed E-state index contributed by atoms with van der Waals surface area (Å²) in [5, 5.41) is 12.5. The minimum absolute atomic E-state index is 0.220. The van der Waals surface area contributed by atoms with Crippen molar-refractivity contribution in [1.82, 2.24) is 15.6 Å². The highest BCUT2D eigenvalue weighted by Crippen LogP contribution is 2.38. The van der Waals surface area contributed by atoms with Gasteiger partial charge in [-0.1, -0.05) is 54.4 Å². The molecule has 1 atom stereocenters. The first-order chi connectivity index (χ1) is 18.5. The number of amides is 2. The average molecular weight is 531 g/mol. The minimum Gasteiger partial charge on any atom is -0.492 e. The second kappa shape index (κ2) is 10.7. The Balaban J connectivity index is 1.42. The lowest BCUT2D eigenvalue weighted by molar-refractivity contribution is 0.251. The van der Waals surface area contributed by atoms with Crippen LogP contribution in [0, 0.1) is 0 Å². The van der Waals surface area contributed by atoms with Crippen LogP contribution in [0.3, 0.4) is 0 Å². The summed E-state index contributed by atoms with van der Waals surface area (Å²) >= 11 is 6.52. The van der Waals surface area contributed by atoms with Gasteiger partial charge in [-0.3, -0.25) is 4.79 Å². The highest BCUT2D eigenvalue weighted by molar-refractivity contribution is 6.34. The highest BCUT2D eigenvalue weighted by atomic mass is 35.5. The third-order valence-corrected chi connectivity index (χ3v) is 7.69. The topological polar surface area (TPSA) is 95.2 Å². The van der Waals surface area contributed by atoms with Gasteiger partial charge in [-0.15, -0.1) is 0 Å². The molecule has 3 aromatic carbocycles. The predicted octanol–water partition coefficient (Wildman–Crippen LogP) is 6.20. The maximum atomic E-state index is 13.5. The number of hydrogen-bond donors (Lipinski definition) is 4. The van der Waals surface area contributed by atoms with Gasteiger partial charge in [-0.05, 0) is 73.2 Å². The normalized spacial score (nSPS) is 17.4.